The van der Waals surface area contributed by atoms with Crippen molar-refractivity contribution in [1.29, 1.82) is 0 Å². The second kappa shape index (κ2) is 6.82. The van der Waals surface area contributed by atoms with Crippen molar-refractivity contribution < 1.29 is 4.79 Å². The molecule has 0 saturated carbocycles. The van der Waals surface area contributed by atoms with E-state index in [1.54, 1.807) is 0 Å². The van der Waals surface area contributed by atoms with Gasteiger partial charge in [0.05, 0.1) is 6.54 Å². The summed E-state index contributed by atoms with van der Waals surface area (Å²) < 4.78 is 0. The Labute approximate surface area is 87.6 Å². The SMILES string of the molecule is CCCCNCC(=O)NC(C)(C)CC. The van der Waals surface area contributed by atoms with Crippen molar-refractivity contribution in [2.75, 3.05) is 13.1 Å². The van der Waals surface area contributed by atoms with Crippen LogP contribution in [0.2, 0.25) is 0 Å². The molecule has 0 aliphatic rings. The zero-order chi connectivity index (χ0) is 11.0. The fourth-order valence-electron chi connectivity index (χ4n) is 1.01. The van der Waals surface area contributed by atoms with E-state index >= 15 is 0 Å². The van der Waals surface area contributed by atoms with Crippen LogP contribution >= 0.6 is 0 Å². The Bertz CT molecular complexity index is 167. The molecular weight excluding hydrogens is 176 g/mol. The first-order valence-electron chi connectivity index (χ1n) is 5.53. The molecule has 0 bridgehead atoms. The van der Waals surface area contributed by atoms with Gasteiger partial charge in [-0.2, -0.15) is 0 Å². The molecule has 0 atom stereocenters. The van der Waals surface area contributed by atoms with E-state index in [1.807, 2.05) is 13.8 Å². The highest BCUT2D eigenvalue weighted by molar-refractivity contribution is 5.78. The van der Waals surface area contributed by atoms with E-state index in [-0.39, 0.29) is 11.4 Å². The Kier molecular flexibility index (Phi) is 6.54. The van der Waals surface area contributed by atoms with Crippen LogP contribution in [-0.4, -0.2) is 24.5 Å². The van der Waals surface area contributed by atoms with Crippen LogP contribution in [-0.2, 0) is 4.79 Å². The lowest BCUT2D eigenvalue weighted by atomic mass is 10.0. The number of rotatable bonds is 7. The van der Waals surface area contributed by atoms with Crippen LogP contribution in [0, 0.1) is 0 Å². The van der Waals surface area contributed by atoms with E-state index in [0.29, 0.717) is 6.54 Å². The number of hydrogen-bond donors (Lipinski definition) is 2. The summed E-state index contributed by atoms with van der Waals surface area (Å²) >= 11 is 0. The summed E-state index contributed by atoms with van der Waals surface area (Å²) in [5, 5.41) is 6.10. The van der Waals surface area contributed by atoms with Crippen LogP contribution in [0.1, 0.15) is 47.0 Å². The smallest absolute Gasteiger partial charge is 0.234 e. The van der Waals surface area contributed by atoms with Crippen molar-refractivity contribution in [3.8, 4) is 0 Å². The van der Waals surface area contributed by atoms with E-state index in [0.717, 1.165) is 25.8 Å². The molecule has 1 amide bonds. The Balaban J connectivity index is 3.55. The minimum atomic E-state index is -0.0798. The van der Waals surface area contributed by atoms with Gasteiger partial charge in [0, 0.05) is 5.54 Å². The van der Waals surface area contributed by atoms with Gasteiger partial charge in [-0.05, 0) is 33.2 Å². The Morgan fingerprint density at radius 2 is 1.93 bits per heavy atom. The topological polar surface area (TPSA) is 41.1 Å². The summed E-state index contributed by atoms with van der Waals surface area (Å²) in [6.45, 7) is 9.65. The normalized spacial score (nSPS) is 11.4. The highest BCUT2D eigenvalue weighted by Gasteiger charge is 2.16. The molecule has 14 heavy (non-hydrogen) atoms. The number of unbranched alkanes of at least 4 members (excludes halogenated alkanes) is 1. The van der Waals surface area contributed by atoms with E-state index in [2.05, 4.69) is 24.5 Å². The molecule has 0 aromatic heterocycles. The molecule has 0 aromatic rings. The first-order valence-corrected chi connectivity index (χ1v) is 5.53. The van der Waals surface area contributed by atoms with Gasteiger partial charge in [0.15, 0.2) is 0 Å². The molecule has 84 valence electrons. The maximum absolute atomic E-state index is 11.4. The molecule has 0 aliphatic carbocycles. The molecular formula is C11H24N2O. The number of nitrogens with one attached hydrogen (secondary N) is 2. The lowest BCUT2D eigenvalue weighted by molar-refractivity contribution is -0.121. The second-order valence-electron chi connectivity index (χ2n) is 4.32. The first-order chi connectivity index (χ1) is 6.52. The van der Waals surface area contributed by atoms with Crippen LogP contribution in [0.25, 0.3) is 0 Å². The molecule has 0 unspecified atom stereocenters. The first kappa shape index (κ1) is 13.4. The fraction of sp³-hybridized carbons (Fsp3) is 0.909. The van der Waals surface area contributed by atoms with Gasteiger partial charge >= 0.3 is 0 Å². The molecule has 3 nitrogen and oxygen atoms in total. The third-order valence-corrected chi connectivity index (χ3v) is 2.35. The summed E-state index contributed by atoms with van der Waals surface area (Å²) in [5.41, 5.74) is -0.0798. The van der Waals surface area contributed by atoms with Crippen LogP contribution < -0.4 is 10.6 Å². The zero-order valence-corrected chi connectivity index (χ0v) is 9.94. The Morgan fingerprint density at radius 1 is 1.29 bits per heavy atom. The maximum atomic E-state index is 11.4. The summed E-state index contributed by atoms with van der Waals surface area (Å²) in [7, 11) is 0. The number of amides is 1. The van der Waals surface area contributed by atoms with Gasteiger partial charge in [-0.25, -0.2) is 0 Å². The maximum Gasteiger partial charge on any atom is 0.234 e. The minimum Gasteiger partial charge on any atom is -0.350 e. The van der Waals surface area contributed by atoms with Crippen LogP contribution in [0.4, 0.5) is 0 Å². The molecule has 0 spiro atoms. The second-order valence-corrected chi connectivity index (χ2v) is 4.32. The molecule has 0 saturated heterocycles. The Morgan fingerprint density at radius 3 is 2.43 bits per heavy atom. The van der Waals surface area contributed by atoms with Gasteiger partial charge in [0.2, 0.25) is 5.91 Å². The molecule has 0 rings (SSSR count). The summed E-state index contributed by atoms with van der Waals surface area (Å²) in [4.78, 5) is 11.4. The summed E-state index contributed by atoms with van der Waals surface area (Å²) in [6, 6.07) is 0. The van der Waals surface area contributed by atoms with E-state index in [4.69, 9.17) is 0 Å². The standard InChI is InChI=1S/C11H24N2O/c1-5-7-8-12-9-10(14)13-11(3,4)6-2/h12H,5-9H2,1-4H3,(H,13,14). The van der Waals surface area contributed by atoms with Crippen LogP contribution in [0.5, 0.6) is 0 Å². The highest BCUT2D eigenvalue weighted by Crippen LogP contribution is 2.05. The average Bonchev–Trinajstić information content (AvgIpc) is 2.12. The van der Waals surface area contributed by atoms with E-state index in [9.17, 15) is 4.79 Å². The van der Waals surface area contributed by atoms with Crippen molar-refractivity contribution in [2.24, 2.45) is 0 Å². The molecule has 0 fully saturated rings. The van der Waals surface area contributed by atoms with Crippen molar-refractivity contribution >= 4 is 5.91 Å². The lowest BCUT2D eigenvalue weighted by Gasteiger charge is -2.24. The summed E-state index contributed by atoms with van der Waals surface area (Å²) in [6.07, 6.45) is 3.24. The zero-order valence-electron chi connectivity index (χ0n) is 9.94. The van der Waals surface area contributed by atoms with Gasteiger partial charge in [0.25, 0.3) is 0 Å². The number of carbonyl (C=O) groups excluding carboxylic acids is 1. The molecule has 0 radical (unpaired) electrons. The third-order valence-electron chi connectivity index (χ3n) is 2.35. The molecule has 0 aliphatic heterocycles. The molecule has 2 N–H and O–H groups in total. The number of carbonyl (C=O) groups is 1. The van der Waals surface area contributed by atoms with Gasteiger partial charge in [0.1, 0.15) is 0 Å². The van der Waals surface area contributed by atoms with Gasteiger partial charge in [-0.1, -0.05) is 20.3 Å². The van der Waals surface area contributed by atoms with Crippen molar-refractivity contribution in [3.05, 3.63) is 0 Å². The number of hydrogen-bond acceptors (Lipinski definition) is 2. The predicted octanol–water partition coefficient (Wildman–Crippen LogP) is 1.68. The highest BCUT2D eigenvalue weighted by atomic mass is 16.2. The van der Waals surface area contributed by atoms with E-state index < -0.39 is 0 Å². The van der Waals surface area contributed by atoms with Crippen molar-refractivity contribution in [3.63, 3.8) is 0 Å². The van der Waals surface area contributed by atoms with Crippen molar-refractivity contribution in [2.45, 2.75) is 52.5 Å². The van der Waals surface area contributed by atoms with Gasteiger partial charge in [-0.3, -0.25) is 4.79 Å². The quantitative estimate of drug-likeness (QED) is 0.614. The predicted molar refractivity (Wildman–Crippen MR) is 60.3 cm³/mol. The fourth-order valence-corrected chi connectivity index (χ4v) is 1.01. The van der Waals surface area contributed by atoms with Crippen molar-refractivity contribution in [1.82, 2.24) is 10.6 Å². The molecule has 3 heteroatoms. The molecule has 0 aromatic carbocycles. The van der Waals surface area contributed by atoms with E-state index in [1.165, 1.54) is 0 Å². The third kappa shape index (κ3) is 6.89. The minimum absolute atomic E-state index is 0.0798. The summed E-state index contributed by atoms with van der Waals surface area (Å²) in [5.74, 6) is 0.0907. The lowest BCUT2D eigenvalue weighted by Crippen LogP contribution is -2.46. The van der Waals surface area contributed by atoms with Gasteiger partial charge in [-0.15, -0.1) is 0 Å². The monoisotopic (exact) mass is 200 g/mol. The van der Waals surface area contributed by atoms with Crippen LogP contribution in [0.3, 0.4) is 0 Å². The Hall–Kier alpha value is -0.570. The largest absolute Gasteiger partial charge is 0.350 e. The van der Waals surface area contributed by atoms with Crippen LogP contribution in [0.15, 0.2) is 0 Å². The molecule has 0 heterocycles. The van der Waals surface area contributed by atoms with Gasteiger partial charge < -0.3 is 10.6 Å². The average molecular weight is 200 g/mol.